The van der Waals surface area contributed by atoms with E-state index in [1.807, 2.05) is 18.4 Å². The summed E-state index contributed by atoms with van der Waals surface area (Å²) < 4.78 is 0. The van der Waals surface area contributed by atoms with Crippen LogP contribution in [0.3, 0.4) is 0 Å². The van der Waals surface area contributed by atoms with Crippen molar-refractivity contribution >= 4 is 11.8 Å². The van der Waals surface area contributed by atoms with Crippen LogP contribution in [0.25, 0.3) is 0 Å². The van der Waals surface area contributed by atoms with Crippen LogP contribution in [0.5, 0.6) is 0 Å². The zero-order valence-corrected chi connectivity index (χ0v) is 6.77. The van der Waals surface area contributed by atoms with Crippen molar-refractivity contribution in [3.8, 4) is 12.1 Å². The summed E-state index contributed by atoms with van der Waals surface area (Å²) in [5.74, 6) is -0.556. The lowest BCUT2D eigenvalue weighted by molar-refractivity contribution is 0.670. The third kappa shape index (κ3) is 2.26. The van der Waals surface area contributed by atoms with Gasteiger partial charge in [0.1, 0.15) is 0 Å². The molecule has 0 spiro atoms. The molecule has 3 nitrogen and oxygen atoms in total. The summed E-state index contributed by atoms with van der Waals surface area (Å²) >= 11 is 1.47. The van der Waals surface area contributed by atoms with E-state index in [4.69, 9.17) is 10.5 Å². The average Bonchev–Trinajstić information content (AvgIpc) is 2.00. The van der Waals surface area contributed by atoms with Crippen molar-refractivity contribution in [1.82, 2.24) is 5.32 Å². The molecule has 0 aliphatic carbocycles. The highest BCUT2D eigenvalue weighted by Crippen LogP contribution is 2.11. The predicted octanol–water partition coefficient (Wildman–Crippen LogP) is 0.558. The van der Waals surface area contributed by atoms with E-state index >= 15 is 0 Å². The van der Waals surface area contributed by atoms with Crippen LogP contribution in [0, 0.1) is 28.6 Å². The van der Waals surface area contributed by atoms with Crippen LogP contribution in [0.15, 0.2) is 0 Å². The number of rotatable bonds is 3. The molecule has 54 valence electrons. The van der Waals surface area contributed by atoms with Crippen molar-refractivity contribution in [3.05, 3.63) is 0 Å². The Morgan fingerprint density at radius 1 is 1.40 bits per heavy atom. The van der Waals surface area contributed by atoms with Crippen molar-refractivity contribution in [2.45, 2.75) is 5.37 Å². The van der Waals surface area contributed by atoms with Crippen molar-refractivity contribution in [3.63, 3.8) is 0 Å². The SMILES string of the molecule is CNC(SC)C(C#N)C#N. The smallest absolute Gasteiger partial charge is 0.157 e. The molecule has 0 aliphatic heterocycles. The molecule has 0 aliphatic rings. The summed E-state index contributed by atoms with van der Waals surface area (Å²) in [6, 6.07) is 3.82. The zero-order chi connectivity index (χ0) is 7.98. The lowest BCUT2D eigenvalue weighted by atomic mass is 10.2. The molecule has 0 aromatic heterocycles. The van der Waals surface area contributed by atoms with Gasteiger partial charge in [-0.25, -0.2) is 0 Å². The highest BCUT2D eigenvalue weighted by Gasteiger charge is 2.16. The normalized spacial score (nSPS) is 12.1. The van der Waals surface area contributed by atoms with E-state index in [0.717, 1.165) is 0 Å². The van der Waals surface area contributed by atoms with Crippen LogP contribution in [0.2, 0.25) is 0 Å². The molecule has 1 unspecified atom stereocenters. The van der Waals surface area contributed by atoms with Crippen LogP contribution in [-0.2, 0) is 0 Å². The molecule has 1 N–H and O–H groups in total. The highest BCUT2D eigenvalue weighted by atomic mass is 32.2. The quantitative estimate of drug-likeness (QED) is 0.605. The Morgan fingerprint density at radius 2 is 1.90 bits per heavy atom. The van der Waals surface area contributed by atoms with E-state index in [0.29, 0.717) is 0 Å². The molecular weight excluding hydrogens is 146 g/mol. The minimum Gasteiger partial charge on any atom is -0.306 e. The Morgan fingerprint density at radius 3 is 2.00 bits per heavy atom. The maximum absolute atomic E-state index is 8.43. The maximum Gasteiger partial charge on any atom is 0.157 e. The summed E-state index contributed by atoms with van der Waals surface area (Å²) in [6.07, 6.45) is 1.86. The highest BCUT2D eigenvalue weighted by molar-refractivity contribution is 7.99. The lowest BCUT2D eigenvalue weighted by Gasteiger charge is -2.11. The van der Waals surface area contributed by atoms with Gasteiger partial charge >= 0.3 is 0 Å². The van der Waals surface area contributed by atoms with Crippen LogP contribution in [-0.4, -0.2) is 18.7 Å². The van der Waals surface area contributed by atoms with Gasteiger partial charge in [-0.1, -0.05) is 0 Å². The van der Waals surface area contributed by atoms with Gasteiger partial charge in [-0.05, 0) is 13.3 Å². The molecule has 10 heavy (non-hydrogen) atoms. The molecule has 4 heteroatoms. The van der Waals surface area contributed by atoms with Crippen molar-refractivity contribution in [2.75, 3.05) is 13.3 Å². The van der Waals surface area contributed by atoms with Gasteiger partial charge in [0, 0.05) is 0 Å². The Labute approximate surface area is 65.0 Å². The Bertz CT molecular complexity index is 149. The van der Waals surface area contributed by atoms with Gasteiger partial charge < -0.3 is 5.32 Å². The molecule has 0 heterocycles. The lowest BCUT2D eigenvalue weighted by Crippen LogP contribution is -2.28. The minimum atomic E-state index is -0.556. The Hall–Kier alpha value is -0.710. The fourth-order valence-electron chi connectivity index (χ4n) is 0.585. The molecule has 0 amide bonds. The first-order valence-corrected chi connectivity index (χ1v) is 4.08. The van der Waals surface area contributed by atoms with Gasteiger partial charge in [0.15, 0.2) is 5.92 Å². The maximum atomic E-state index is 8.43. The molecule has 0 fully saturated rings. The molecule has 1 atom stereocenters. The van der Waals surface area contributed by atoms with E-state index in [9.17, 15) is 0 Å². The average molecular weight is 155 g/mol. The molecule has 0 radical (unpaired) electrons. The fraction of sp³-hybridized carbons (Fsp3) is 0.667. The minimum absolute atomic E-state index is 0.0741. The molecule has 0 rings (SSSR count). The first kappa shape index (κ1) is 9.29. The fourth-order valence-corrected chi connectivity index (χ4v) is 1.21. The second-order valence-corrected chi connectivity index (χ2v) is 2.66. The largest absolute Gasteiger partial charge is 0.306 e. The first-order valence-electron chi connectivity index (χ1n) is 2.79. The third-order valence-corrected chi connectivity index (χ3v) is 2.14. The van der Waals surface area contributed by atoms with Crippen LogP contribution in [0.4, 0.5) is 0 Å². The van der Waals surface area contributed by atoms with Crippen LogP contribution < -0.4 is 5.32 Å². The number of nitrogens with one attached hydrogen (secondary N) is 1. The number of hydrogen-bond donors (Lipinski definition) is 1. The third-order valence-electron chi connectivity index (χ3n) is 1.12. The van der Waals surface area contributed by atoms with Crippen LogP contribution in [0.1, 0.15) is 0 Å². The van der Waals surface area contributed by atoms with Gasteiger partial charge in [-0.3, -0.25) is 0 Å². The summed E-state index contributed by atoms with van der Waals surface area (Å²) in [5, 5.41) is 19.7. The number of hydrogen-bond acceptors (Lipinski definition) is 4. The standard InChI is InChI=1S/C6H9N3S/c1-9-6(10-2)5(3-7)4-8/h5-6,9H,1-2H3. The predicted molar refractivity (Wildman–Crippen MR) is 41.1 cm³/mol. The second kappa shape index (κ2) is 5.10. The zero-order valence-electron chi connectivity index (χ0n) is 5.96. The summed E-state index contributed by atoms with van der Waals surface area (Å²) in [6.45, 7) is 0. The molecule has 0 aromatic carbocycles. The second-order valence-electron chi connectivity index (χ2n) is 1.68. The Balaban J connectivity index is 4.02. The van der Waals surface area contributed by atoms with E-state index in [-0.39, 0.29) is 5.37 Å². The van der Waals surface area contributed by atoms with Gasteiger partial charge in [-0.2, -0.15) is 10.5 Å². The Kier molecular flexibility index (Phi) is 4.74. The molecule has 0 saturated heterocycles. The molecule has 0 bridgehead atoms. The van der Waals surface area contributed by atoms with Gasteiger partial charge in [0.2, 0.25) is 0 Å². The van der Waals surface area contributed by atoms with Gasteiger partial charge in [0.25, 0.3) is 0 Å². The number of thioether (sulfide) groups is 1. The monoisotopic (exact) mass is 155 g/mol. The van der Waals surface area contributed by atoms with Gasteiger partial charge in [0.05, 0.1) is 17.5 Å². The molecular formula is C6H9N3S. The van der Waals surface area contributed by atoms with Gasteiger partial charge in [-0.15, -0.1) is 11.8 Å². The van der Waals surface area contributed by atoms with E-state index in [1.165, 1.54) is 11.8 Å². The summed E-state index contributed by atoms with van der Waals surface area (Å²) in [4.78, 5) is 0. The van der Waals surface area contributed by atoms with E-state index in [2.05, 4.69) is 5.32 Å². The van der Waals surface area contributed by atoms with E-state index in [1.54, 1.807) is 7.05 Å². The molecule has 0 aromatic rings. The van der Waals surface area contributed by atoms with Crippen molar-refractivity contribution < 1.29 is 0 Å². The van der Waals surface area contributed by atoms with Crippen molar-refractivity contribution in [2.24, 2.45) is 5.92 Å². The summed E-state index contributed by atoms with van der Waals surface area (Å²) in [7, 11) is 1.74. The van der Waals surface area contributed by atoms with Crippen molar-refractivity contribution in [1.29, 1.82) is 10.5 Å². The number of nitrogens with zero attached hydrogens (tertiary/aromatic N) is 2. The van der Waals surface area contributed by atoms with Crippen LogP contribution >= 0.6 is 11.8 Å². The topological polar surface area (TPSA) is 59.6 Å². The molecule has 0 saturated carbocycles. The summed E-state index contributed by atoms with van der Waals surface area (Å²) in [5.41, 5.74) is 0. The van der Waals surface area contributed by atoms with E-state index < -0.39 is 5.92 Å². The first-order chi connectivity index (χ1) is 4.79. The number of nitriles is 2.